The topological polar surface area (TPSA) is 50.4 Å². The molecule has 1 rings (SSSR count). The molecule has 0 fully saturated rings. The summed E-state index contributed by atoms with van der Waals surface area (Å²) in [4.78, 5) is 11.4. The summed E-state index contributed by atoms with van der Waals surface area (Å²) in [7, 11) is 0. The first-order valence-corrected chi connectivity index (χ1v) is 7.16. The summed E-state index contributed by atoms with van der Waals surface area (Å²) < 4.78 is 5.13. The van der Waals surface area contributed by atoms with Gasteiger partial charge in [0.25, 0.3) is 0 Å². The minimum Gasteiger partial charge on any atom is -0.444 e. The molecule has 1 aromatic rings. The summed E-state index contributed by atoms with van der Waals surface area (Å²) in [5.74, 6) is 5.95. The number of hydrogen-bond donors (Lipinski definition) is 2. The number of nitrogens with one attached hydrogen (secondary N) is 2. The van der Waals surface area contributed by atoms with Crippen LogP contribution in [0, 0.1) is 11.8 Å². The third-order valence-corrected chi connectivity index (χ3v) is 2.46. The van der Waals surface area contributed by atoms with Gasteiger partial charge >= 0.3 is 6.09 Å². The number of carbonyl (C=O) groups is 1. The lowest BCUT2D eigenvalue weighted by atomic mass is 10.1. The van der Waals surface area contributed by atoms with E-state index in [1.807, 2.05) is 39.0 Å². The standard InChI is InChI=1S/C17H24N2O2/c1-5-18-13-15-9-6-8-14(12-15)10-7-11-19-16(20)21-17(2,3)4/h6,8-9,12,18H,5,11,13H2,1-4H3,(H,19,20). The zero-order valence-electron chi connectivity index (χ0n) is 13.2. The van der Waals surface area contributed by atoms with Gasteiger partial charge in [0, 0.05) is 12.1 Å². The molecular weight excluding hydrogens is 264 g/mol. The molecular formula is C17H24N2O2. The van der Waals surface area contributed by atoms with E-state index in [0.29, 0.717) is 0 Å². The van der Waals surface area contributed by atoms with Crippen LogP contribution in [-0.2, 0) is 11.3 Å². The molecule has 114 valence electrons. The molecule has 0 aromatic heterocycles. The summed E-state index contributed by atoms with van der Waals surface area (Å²) >= 11 is 0. The lowest BCUT2D eigenvalue weighted by Crippen LogP contribution is -2.32. The quantitative estimate of drug-likeness (QED) is 0.838. The molecule has 1 amide bonds. The molecule has 0 atom stereocenters. The Kier molecular flexibility index (Phi) is 6.77. The van der Waals surface area contributed by atoms with Crippen LogP contribution in [0.15, 0.2) is 24.3 Å². The van der Waals surface area contributed by atoms with E-state index in [-0.39, 0.29) is 6.54 Å². The van der Waals surface area contributed by atoms with Crippen LogP contribution in [0.4, 0.5) is 4.79 Å². The van der Waals surface area contributed by atoms with E-state index in [0.717, 1.165) is 18.7 Å². The molecule has 2 N–H and O–H groups in total. The molecule has 4 nitrogen and oxygen atoms in total. The van der Waals surface area contributed by atoms with Crippen molar-refractivity contribution in [1.82, 2.24) is 10.6 Å². The van der Waals surface area contributed by atoms with Crippen molar-refractivity contribution in [3.8, 4) is 11.8 Å². The summed E-state index contributed by atoms with van der Waals surface area (Å²) in [5.41, 5.74) is 1.65. The Morgan fingerprint density at radius 2 is 2.10 bits per heavy atom. The Bertz CT molecular complexity index is 522. The van der Waals surface area contributed by atoms with E-state index in [9.17, 15) is 4.79 Å². The minimum absolute atomic E-state index is 0.270. The molecule has 0 radical (unpaired) electrons. The number of ether oxygens (including phenoxy) is 1. The van der Waals surface area contributed by atoms with Crippen molar-refractivity contribution in [2.45, 2.75) is 39.8 Å². The monoisotopic (exact) mass is 288 g/mol. The Labute approximate surface area is 127 Å². The Hall–Kier alpha value is -1.99. The maximum Gasteiger partial charge on any atom is 0.408 e. The van der Waals surface area contributed by atoms with Crippen molar-refractivity contribution >= 4 is 6.09 Å². The second-order valence-corrected chi connectivity index (χ2v) is 5.64. The van der Waals surface area contributed by atoms with E-state index in [1.165, 1.54) is 5.56 Å². The summed E-state index contributed by atoms with van der Waals surface area (Å²) in [6.45, 7) is 9.60. The molecule has 0 saturated heterocycles. The van der Waals surface area contributed by atoms with Crippen LogP contribution in [0.2, 0.25) is 0 Å². The highest BCUT2D eigenvalue weighted by molar-refractivity contribution is 5.68. The number of rotatable bonds is 4. The highest BCUT2D eigenvalue weighted by atomic mass is 16.6. The average Bonchev–Trinajstić information content (AvgIpc) is 2.40. The smallest absolute Gasteiger partial charge is 0.408 e. The van der Waals surface area contributed by atoms with Crippen molar-refractivity contribution < 1.29 is 9.53 Å². The third kappa shape index (κ3) is 8.01. The van der Waals surface area contributed by atoms with Gasteiger partial charge in [0.05, 0.1) is 6.54 Å². The molecule has 0 aliphatic carbocycles. The molecule has 0 heterocycles. The summed E-state index contributed by atoms with van der Waals surface area (Å²) in [6.07, 6.45) is -0.447. The maximum absolute atomic E-state index is 11.4. The van der Waals surface area contributed by atoms with Crippen LogP contribution < -0.4 is 10.6 Å². The van der Waals surface area contributed by atoms with E-state index in [2.05, 4.69) is 35.5 Å². The van der Waals surface area contributed by atoms with E-state index in [4.69, 9.17) is 4.74 Å². The minimum atomic E-state index is -0.488. The Balaban J connectivity index is 2.46. The first kappa shape index (κ1) is 17.1. The van der Waals surface area contributed by atoms with E-state index < -0.39 is 11.7 Å². The van der Waals surface area contributed by atoms with Crippen molar-refractivity contribution in [2.75, 3.05) is 13.1 Å². The van der Waals surface area contributed by atoms with Crippen LogP contribution >= 0.6 is 0 Å². The van der Waals surface area contributed by atoms with Gasteiger partial charge in [-0.3, -0.25) is 0 Å². The van der Waals surface area contributed by atoms with Crippen LogP contribution in [0.25, 0.3) is 0 Å². The Morgan fingerprint density at radius 1 is 1.33 bits per heavy atom. The van der Waals surface area contributed by atoms with Gasteiger partial charge in [0.1, 0.15) is 5.60 Å². The first-order valence-electron chi connectivity index (χ1n) is 7.16. The summed E-state index contributed by atoms with van der Waals surface area (Å²) in [5, 5.41) is 5.89. The average molecular weight is 288 g/mol. The number of carbonyl (C=O) groups excluding carboxylic acids is 1. The maximum atomic E-state index is 11.4. The lowest BCUT2D eigenvalue weighted by Gasteiger charge is -2.18. The van der Waals surface area contributed by atoms with Crippen molar-refractivity contribution in [2.24, 2.45) is 0 Å². The SMILES string of the molecule is CCNCc1cccc(C#CCNC(=O)OC(C)(C)C)c1. The van der Waals surface area contributed by atoms with Gasteiger partial charge < -0.3 is 15.4 Å². The highest BCUT2D eigenvalue weighted by Crippen LogP contribution is 2.06. The predicted octanol–water partition coefficient (Wildman–Crippen LogP) is 2.67. The first-order chi connectivity index (χ1) is 9.90. The largest absolute Gasteiger partial charge is 0.444 e. The van der Waals surface area contributed by atoms with E-state index in [1.54, 1.807) is 0 Å². The molecule has 0 bridgehead atoms. The second kappa shape index (κ2) is 8.33. The van der Waals surface area contributed by atoms with Gasteiger partial charge in [0.15, 0.2) is 0 Å². The molecule has 1 aromatic carbocycles. The van der Waals surface area contributed by atoms with Crippen LogP contribution in [-0.4, -0.2) is 24.8 Å². The molecule has 21 heavy (non-hydrogen) atoms. The zero-order valence-corrected chi connectivity index (χ0v) is 13.2. The third-order valence-electron chi connectivity index (χ3n) is 2.46. The zero-order chi connectivity index (χ0) is 15.7. The molecule has 0 unspecified atom stereocenters. The molecule has 0 spiro atoms. The van der Waals surface area contributed by atoms with Gasteiger partial charge in [-0.1, -0.05) is 30.9 Å². The molecule has 4 heteroatoms. The van der Waals surface area contributed by atoms with Gasteiger partial charge in [-0.25, -0.2) is 4.79 Å². The number of alkyl carbamates (subject to hydrolysis) is 1. The fourth-order valence-corrected chi connectivity index (χ4v) is 1.61. The highest BCUT2D eigenvalue weighted by Gasteiger charge is 2.14. The summed E-state index contributed by atoms with van der Waals surface area (Å²) in [6, 6.07) is 8.05. The van der Waals surface area contributed by atoms with E-state index >= 15 is 0 Å². The molecule has 0 aliphatic heterocycles. The van der Waals surface area contributed by atoms with Gasteiger partial charge in [0.2, 0.25) is 0 Å². The fraction of sp³-hybridized carbons (Fsp3) is 0.471. The molecule has 0 saturated carbocycles. The number of hydrogen-bond acceptors (Lipinski definition) is 3. The van der Waals surface area contributed by atoms with Crippen LogP contribution in [0.1, 0.15) is 38.8 Å². The molecule has 0 aliphatic rings. The fourth-order valence-electron chi connectivity index (χ4n) is 1.61. The predicted molar refractivity (Wildman–Crippen MR) is 84.9 cm³/mol. The van der Waals surface area contributed by atoms with Gasteiger partial charge in [-0.2, -0.15) is 0 Å². The number of amides is 1. The van der Waals surface area contributed by atoms with Gasteiger partial charge in [-0.05, 0) is 45.0 Å². The van der Waals surface area contributed by atoms with Gasteiger partial charge in [-0.15, -0.1) is 0 Å². The Morgan fingerprint density at radius 3 is 2.76 bits per heavy atom. The van der Waals surface area contributed by atoms with Crippen molar-refractivity contribution in [3.05, 3.63) is 35.4 Å². The normalized spacial score (nSPS) is 10.5. The second-order valence-electron chi connectivity index (χ2n) is 5.64. The van der Waals surface area contributed by atoms with Crippen LogP contribution in [0.5, 0.6) is 0 Å². The lowest BCUT2D eigenvalue weighted by molar-refractivity contribution is 0.0535. The van der Waals surface area contributed by atoms with Crippen molar-refractivity contribution in [1.29, 1.82) is 0 Å². The number of benzene rings is 1. The van der Waals surface area contributed by atoms with Crippen molar-refractivity contribution in [3.63, 3.8) is 0 Å². The van der Waals surface area contributed by atoms with Crippen LogP contribution in [0.3, 0.4) is 0 Å².